The summed E-state index contributed by atoms with van der Waals surface area (Å²) < 4.78 is 33.2. The van der Waals surface area contributed by atoms with E-state index in [4.69, 9.17) is 4.74 Å². The molecule has 0 spiro atoms. The number of piperidine rings is 1. The molecule has 1 saturated heterocycles. The summed E-state index contributed by atoms with van der Waals surface area (Å²) in [5, 5.41) is 2.95. The zero-order valence-corrected chi connectivity index (χ0v) is 18.7. The molecule has 1 atom stereocenters. The van der Waals surface area contributed by atoms with Crippen LogP contribution in [0.4, 0.5) is 0 Å². The number of ether oxygens (including phenoxy) is 1. The molecule has 1 aliphatic heterocycles. The van der Waals surface area contributed by atoms with Gasteiger partial charge in [0.1, 0.15) is 5.75 Å². The highest BCUT2D eigenvalue weighted by molar-refractivity contribution is 7.89. The predicted octanol–water partition coefficient (Wildman–Crippen LogP) is 4.06. The second-order valence-corrected chi connectivity index (χ2v) is 9.55. The number of carbonyl (C=O) groups is 1. The van der Waals surface area contributed by atoms with Crippen molar-refractivity contribution in [3.8, 4) is 5.75 Å². The van der Waals surface area contributed by atoms with E-state index in [9.17, 15) is 13.2 Å². The van der Waals surface area contributed by atoms with Crippen molar-refractivity contribution in [3.63, 3.8) is 0 Å². The first-order valence-corrected chi connectivity index (χ1v) is 11.9. The number of hydrogen-bond donors (Lipinski definition) is 1. The van der Waals surface area contributed by atoms with Gasteiger partial charge >= 0.3 is 0 Å². The Labute approximate surface area is 179 Å². The SMILES string of the molecule is CCOc1ccc([C@H](C)NC(=O)c2ccc(C)c(S(=O)(=O)N3CCCCC3)c2)cc1. The molecule has 1 amide bonds. The number of hydrogen-bond acceptors (Lipinski definition) is 4. The third kappa shape index (κ3) is 5.02. The maximum atomic E-state index is 13.1. The highest BCUT2D eigenvalue weighted by Crippen LogP contribution is 2.25. The lowest BCUT2D eigenvalue weighted by molar-refractivity contribution is 0.0939. The van der Waals surface area contributed by atoms with Crippen molar-refractivity contribution in [2.75, 3.05) is 19.7 Å². The number of aryl methyl sites for hydroxylation is 1. The summed E-state index contributed by atoms with van der Waals surface area (Å²) >= 11 is 0. The molecule has 0 aromatic heterocycles. The fraction of sp³-hybridized carbons (Fsp3) is 0.435. The third-order valence-corrected chi connectivity index (χ3v) is 7.46. The molecule has 162 valence electrons. The quantitative estimate of drug-likeness (QED) is 0.719. The van der Waals surface area contributed by atoms with Crippen molar-refractivity contribution >= 4 is 15.9 Å². The molecule has 0 aliphatic carbocycles. The molecular formula is C23H30N2O4S. The van der Waals surface area contributed by atoms with Crippen LogP contribution >= 0.6 is 0 Å². The summed E-state index contributed by atoms with van der Waals surface area (Å²) in [7, 11) is -3.60. The maximum Gasteiger partial charge on any atom is 0.251 e. The standard InChI is InChI=1S/C23H30N2O4S/c1-4-29-21-12-10-19(11-13-21)18(3)24-23(26)20-9-8-17(2)22(16-20)30(27,28)25-14-6-5-7-15-25/h8-13,16,18H,4-7,14-15H2,1-3H3,(H,24,26)/t18-/m0/s1. The number of nitrogens with zero attached hydrogens (tertiary/aromatic N) is 1. The van der Waals surface area contributed by atoms with Crippen LogP contribution in [0.2, 0.25) is 0 Å². The summed E-state index contributed by atoms with van der Waals surface area (Å²) in [5.41, 5.74) is 1.94. The molecule has 6 nitrogen and oxygen atoms in total. The van der Waals surface area contributed by atoms with E-state index in [1.54, 1.807) is 19.1 Å². The topological polar surface area (TPSA) is 75.7 Å². The Kier molecular flexibility index (Phi) is 7.15. The van der Waals surface area contributed by atoms with E-state index in [2.05, 4.69) is 5.32 Å². The fourth-order valence-electron chi connectivity index (χ4n) is 3.65. The molecule has 1 fully saturated rings. The van der Waals surface area contributed by atoms with Gasteiger partial charge in [-0.3, -0.25) is 4.79 Å². The van der Waals surface area contributed by atoms with Crippen LogP contribution in [0.5, 0.6) is 5.75 Å². The first kappa shape index (κ1) is 22.3. The third-order valence-electron chi connectivity index (χ3n) is 5.42. The minimum absolute atomic E-state index is 0.214. The molecule has 3 rings (SSSR count). The van der Waals surface area contributed by atoms with Crippen molar-refractivity contribution in [3.05, 3.63) is 59.2 Å². The van der Waals surface area contributed by atoms with Crippen LogP contribution in [0.15, 0.2) is 47.4 Å². The zero-order chi connectivity index (χ0) is 21.7. The number of sulfonamides is 1. The second-order valence-electron chi connectivity index (χ2n) is 7.64. The van der Waals surface area contributed by atoms with Gasteiger partial charge in [0.25, 0.3) is 5.91 Å². The number of nitrogens with one attached hydrogen (secondary N) is 1. The van der Waals surface area contributed by atoms with Crippen molar-refractivity contribution < 1.29 is 17.9 Å². The van der Waals surface area contributed by atoms with Gasteiger partial charge in [-0.25, -0.2) is 8.42 Å². The van der Waals surface area contributed by atoms with Crippen molar-refractivity contribution in [2.24, 2.45) is 0 Å². The minimum atomic E-state index is -3.60. The average molecular weight is 431 g/mol. The van der Waals surface area contributed by atoms with Gasteiger partial charge in [-0.15, -0.1) is 0 Å². The molecule has 2 aromatic rings. The van der Waals surface area contributed by atoms with E-state index in [1.165, 1.54) is 10.4 Å². The van der Waals surface area contributed by atoms with E-state index in [0.717, 1.165) is 30.6 Å². The maximum absolute atomic E-state index is 13.1. The van der Waals surface area contributed by atoms with Gasteiger partial charge in [0, 0.05) is 18.7 Å². The van der Waals surface area contributed by atoms with Crippen LogP contribution in [-0.4, -0.2) is 38.3 Å². The average Bonchev–Trinajstić information content (AvgIpc) is 2.75. The monoisotopic (exact) mass is 430 g/mol. The second kappa shape index (κ2) is 9.62. The van der Waals surface area contributed by atoms with Crippen molar-refractivity contribution in [2.45, 2.75) is 51.0 Å². The van der Waals surface area contributed by atoms with E-state index < -0.39 is 10.0 Å². The zero-order valence-electron chi connectivity index (χ0n) is 17.8. The van der Waals surface area contributed by atoms with Crippen LogP contribution in [0.3, 0.4) is 0 Å². The van der Waals surface area contributed by atoms with Gasteiger partial charge in [-0.05, 0) is 69.0 Å². The Morgan fingerprint density at radius 3 is 2.40 bits per heavy atom. The van der Waals surface area contributed by atoms with Gasteiger partial charge in [0.05, 0.1) is 17.5 Å². The summed E-state index contributed by atoms with van der Waals surface area (Å²) in [4.78, 5) is 13.0. The predicted molar refractivity (Wildman–Crippen MR) is 117 cm³/mol. The highest BCUT2D eigenvalue weighted by Gasteiger charge is 2.28. The van der Waals surface area contributed by atoms with Crippen molar-refractivity contribution in [1.82, 2.24) is 9.62 Å². The Hall–Kier alpha value is -2.38. The Morgan fingerprint density at radius 1 is 1.10 bits per heavy atom. The molecule has 1 heterocycles. The number of rotatable bonds is 7. The lowest BCUT2D eigenvalue weighted by Crippen LogP contribution is -2.36. The van der Waals surface area contributed by atoms with Gasteiger partial charge < -0.3 is 10.1 Å². The summed E-state index contributed by atoms with van der Waals surface area (Å²) in [6, 6.07) is 12.2. The number of carbonyl (C=O) groups excluding carboxylic acids is 1. The molecule has 0 radical (unpaired) electrons. The Bertz CT molecular complexity index is 981. The molecule has 30 heavy (non-hydrogen) atoms. The van der Waals surface area contributed by atoms with Gasteiger partial charge in [0.15, 0.2) is 0 Å². The van der Waals surface area contributed by atoms with Crippen LogP contribution in [0, 0.1) is 6.92 Å². The molecule has 7 heteroatoms. The molecule has 2 aromatic carbocycles. The van der Waals surface area contributed by atoms with Gasteiger partial charge in [-0.2, -0.15) is 4.31 Å². The molecule has 1 aliphatic rings. The first-order valence-electron chi connectivity index (χ1n) is 10.5. The molecule has 0 unspecified atom stereocenters. The molecule has 0 saturated carbocycles. The molecule has 0 bridgehead atoms. The minimum Gasteiger partial charge on any atom is -0.494 e. The summed E-state index contributed by atoms with van der Waals surface area (Å²) in [5.74, 6) is 0.484. The van der Waals surface area contributed by atoms with Crippen molar-refractivity contribution in [1.29, 1.82) is 0 Å². The lowest BCUT2D eigenvalue weighted by atomic mass is 10.1. The summed E-state index contributed by atoms with van der Waals surface area (Å²) in [6.45, 7) is 7.26. The van der Waals surface area contributed by atoms with E-state index in [1.807, 2.05) is 38.1 Å². The number of benzene rings is 2. The smallest absolute Gasteiger partial charge is 0.251 e. The van der Waals surface area contributed by atoms with E-state index >= 15 is 0 Å². The van der Waals surface area contributed by atoms with Crippen LogP contribution in [0.1, 0.15) is 60.6 Å². The number of amides is 1. The van der Waals surface area contributed by atoms with Crippen LogP contribution < -0.4 is 10.1 Å². The lowest BCUT2D eigenvalue weighted by Gasteiger charge is -2.26. The summed E-state index contributed by atoms with van der Waals surface area (Å²) in [6.07, 6.45) is 2.80. The Balaban J connectivity index is 1.77. The highest BCUT2D eigenvalue weighted by atomic mass is 32.2. The van der Waals surface area contributed by atoms with Gasteiger partial charge in [-0.1, -0.05) is 24.6 Å². The van der Waals surface area contributed by atoms with E-state index in [-0.39, 0.29) is 16.8 Å². The largest absolute Gasteiger partial charge is 0.494 e. The first-order chi connectivity index (χ1) is 14.3. The molecule has 1 N–H and O–H groups in total. The van der Waals surface area contributed by atoms with Crippen LogP contribution in [0.25, 0.3) is 0 Å². The Morgan fingerprint density at radius 2 is 1.77 bits per heavy atom. The van der Waals surface area contributed by atoms with Crippen LogP contribution in [-0.2, 0) is 10.0 Å². The normalized spacial score (nSPS) is 16.1. The van der Waals surface area contributed by atoms with E-state index in [0.29, 0.717) is 30.8 Å². The van der Waals surface area contributed by atoms with Gasteiger partial charge in [0.2, 0.25) is 10.0 Å². The fourth-order valence-corrected chi connectivity index (χ4v) is 5.41. The molecular weight excluding hydrogens is 400 g/mol.